The highest BCUT2D eigenvalue weighted by atomic mass is 16.6. The fourth-order valence-electron chi connectivity index (χ4n) is 5.18. The molecule has 1 N–H and O–H groups in total. The molecule has 0 spiro atoms. The van der Waals surface area contributed by atoms with Gasteiger partial charge in [-0.2, -0.15) is 0 Å². The summed E-state index contributed by atoms with van der Waals surface area (Å²) in [6, 6.07) is -0.628. The zero-order valence-corrected chi connectivity index (χ0v) is 33.5. The number of carboxylic acid groups (broad SMARTS) is 1. The third-order valence-electron chi connectivity index (χ3n) is 8.34. The van der Waals surface area contributed by atoms with Crippen molar-refractivity contribution >= 4 is 17.9 Å². The highest BCUT2D eigenvalue weighted by Gasteiger charge is 2.31. The molecule has 0 aliphatic heterocycles. The summed E-state index contributed by atoms with van der Waals surface area (Å²) in [5.41, 5.74) is 0. The van der Waals surface area contributed by atoms with Gasteiger partial charge in [-0.3, -0.25) is 9.59 Å². The number of hydrogen-bond donors (Lipinski definition) is 1. The quantitative estimate of drug-likeness (QED) is 0.0305. The first kappa shape index (κ1) is 48.8. The minimum absolute atomic E-state index is 0.0274. The van der Waals surface area contributed by atoms with Gasteiger partial charge in [0.1, 0.15) is 6.61 Å². The molecule has 0 rings (SSSR count). The van der Waals surface area contributed by atoms with Gasteiger partial charge in [0.25, 0.3) is 0 Å². The maximum atomic E-state index is 12.5. The molecule has 0 saturated carbocycles. The summed E-state index contributed by atoms with van der Waals surface area (Å²) < 4.78 is 17.0. The molecule has 0 aromatic heterocycles. The molecule has 0 saturated heterocycles. The SMILES string of the molecule is CCCCC/C=C/C/C=C/C/C=C/C/C=C/C/C=C/CCCCC(=O)OCC(COCCC(C(=O)O)[N+](C)(C)C)OC(=O)CC/C=C/CCCCC. The second-order valence-electron chi connectivity index (χ2n) is 14.2. The summed E-state index contributed by atoms with van der Waals surface area (Å²) in [5.74, 6) is -1.61. The standard InChI is InChI=1S/C44H73NO7/c1-6-8-10-12-14-15-16-17-18-19-20-21-22-23-24-25-26-27-29-30-32-34-42(46)51-39-40(38-50-37-36-41(44(48)49)45(3,4)5)52-43(47)35-33-31-28-13-11-9-7-2/h14-15,17-18,20-21,23-24,26-28,31,40-41H,6-13,16,19,22,25,29-30,32-39H2,1-5H3/p+1/b15-14+,18-17+,21-20+,24-23+,27-26+,31-28+. The number of likely N-dealkylation sites (N-methyl/N-ethyl adjacent to an activating group) is 1. The van der Waals surface area contributed by atoms with Gasteiger partial charge in [0.15, 0.2) is 12.1 Å². The van der Waals surface area contributed by atoms with Gasteiger partial charge in [0.2, 0.25) is 0 Å². The zero-order valence-electron chi connectivity index (χ0n) is 33.5. The van der Waals surface area contributed by atoms with E-state index in [1.807, 2.05) is 27.2 Å². The number of aliphatic carboxylic acids is 1. The van der Waals surface area contributed by atoms with Gasteiger partial charge in [-0.25, -0.2) is 4.79 Å². The molecule has 0 radical (unpaired) electrons. The van der Waals surface area contributed by atoms with Gasteiger partial charge in [-0.15, -0.1) is 0 Å². The second-order valence-corrected chi connectivity index (χ2v) is 14.2. The van der Waals surface area contributed by atoms with Crippen LogP contribution in [0.3, 0.4) is 0 Å². The molecule has 2 atom stereocenters. The average molecular weight is 729 g/mol. The van der Waals surface area contributed by atoms with Gasteiger partial charge in [0.05, 0.1) is 34.4 Å². The van der Waals surface area contributed by atoms with Crippen LogP contribution in [-0.4, -0.2) is 80.6 Å². The van der Waals surface area contributed by atoms with Crippen molar-refractivity contribution in [3.8, 4) is 0 Å². The summed E-state index contributed by atoms with van der Waals surface area (Å²) in [6.07, 6.45) is 42.7. The predicted octanol–water partition coefficient (Wildman–Crippen LogP) is 10.4. The number of rotatable bonds is 34. The fourth-order valence-corrected chi connectivity index (χ4v) is 5.18. The van der Waals surface area contributed by atoms with E-state index < -0.39 is 18.1 Å². The Morgan fingerprint density at radius 1 is 0.577 bits per heavy atom. The molecule has 0 aromatic rings. The van der Waals surface area contributed by atoms with Crippen molar-refractivity contribution in [2.24, 2.45) is 0 Å². The van der Waals surface area contributed by atoms with Crippen molar-refractivity contribution in [2.45, 2.75) is 148 Å². The summed E-state index contributed by atoms with van der Waals surface area (Å²) in [7, 11) is 5.48. The van der Waals surface area contributed by atoms with Crippen LogP contribution in [0.15, 0.2) is 72.9 Å². The lowest BCUT2D eigenvalue weighted by Crippen LogP contribution is -2.50. The maximum absolute atomic E-state index is 12.5. The number of ether oxygens (including phenoxy) is 3. The predicted molar refractivity (Wildman–Crippen MR) is 215 cm³/mol. The highest BCUT2D eigenvalue weighted by molar-refractivity contribution is 5.72. The largest absolute Gasteiger partial charge is 0.477 e. The number of hydrogen-bond acceptors (Lipinski definition) is 6. The van der Waals surface area contributed by atoms with E-state index in [0.717, 1.165) is 51.4 Å². The van der Waals surface area contributed by atoms with E-state index in [9.17, 15) is 19.5 Å². The monoisotopic (exact) mass is 729 g/mol. The van der Waals surface area contributed by atoms with Gasteiger partial charge >= 0.3 is 17.9 Å². The number of carbonyl (C=O) groups excluding carboxylic acids is 2. The molecule has 0 aliphatic carbocycles. The Labute approximate surface area is 317 Å². The Morgan fingerprint density at radius 2 is 1.04 bits per heavy atom. The molecule has 8 heteroatoms. The number of esters is 2. The molecule has 0 bridgehead atoms. The molecular weight excluding hydrogens is 654 g/mol. The van der Waals surface area contributed by atoms with Gasteiger partial charge < -0.3 is 23.8 Å². The smallest absolute Gasteiger partial charge is 0.362 e. The van der Waals surface area contributed by atoms with Crippen LogP contribution in [0, 0.1) is 0 Å². The number of unbranched alkanes of at least 4 members (excludes halogenated alkanes) is 8. The first-order valence-electron chi connectivity index (χ1n) is 20.0. The highest BCUT2D eigenvalue weighted by Crippen LogP contribution is 2.10. The van der Waals surface area contributed by atoms with Crippen molar-refractivity contribution in [2.75, 3.05) is 41.0 Å². The molecule has 52 heavy (non-hydrogen) atoms. The van der Waals surface area contributed by atoms with Gasteiger partial charge in [-0.1, -0.05) is 112 Å². The number of carbonyl (C=O) groups is 3. The Hall–Kier alpha value is -3.23. The lowest BCUT2D eigenvalue weighted by molar-refractivity contribution is -0.887. The molecular formula is C44H74NO7+. The number of quaternary nitrogens is 1. The van der Waals surface area contributed by atoms with Crippen LogP contribution in [-0.2, 0) is 28.6 Å². The molecule has 0 heterocycles. The molecule has 0 aromatic carbocycles. The Morgan fingerprint density at radius 3 is 1.52 bits per heavy atom. The molecule has 0 aliphatic rings. The van der Waals surface area contributed by atoms with Crippen LogP contribution >= 0.6 is 0 Å². The summed E-state index contributed by atoms with van der Waals surface area (Å²) >= 11 is 0. The summed E-state index contributed by atoms with van der Waals surface area (Å²) in [5, 5.41) is 9.56. The third kappa shape index (κ3) is 32.7. The van der Waals surface area contributed by atoms with E-state index in [2.05, 4.69) is 80.7 Å². The Bertz CT molecular complexity index is 1080. The van der Waals surface area contributed by atoms with E-state index in [-0.39, 0.29) is 42.7 Å². The zero-order chi connectivity index (χ0) is 38.5. The maximum Gasteiger partial charge on any atom is 0.362 e. The lowest BCUT2D eigenvalue weighted by atomic mass is 10.1. The van der Waals surface area contributed by atoms with Crippen LogP contribution in [0.5, 0.6) is 0 Å². The number of carboxylic acids is 1. The first-order valence-corrected chi connectivity index (χ1v) is 20.0. The number of allylic oxidation sites excluding steroid dienone is 12. The van der Waals surface area contributed by atoms with Gasteiger partial charge in [0, 0.05) is 19.3 Å². The Kier molecular flexibility index (Phi) is 32.7. The number of nitrogens with zero attached hydrogens (tertiary/aromatic N) is 1. The minimum atomic E-state index is -0.891. The molecule has 0 amide bonds. The van der Waals surface area contributed by atoms with Gasteiger partial charge in [-0.05, 0) is 77.0 Å². The van der Waals surface area contributed by atoms with Crippen LogP contribution in [0.2, 0.25) is 0 Å². The summed E-state index contributed by atoms with van der Waals surface area (Å²) in [6.45, 7) is 4.52. The third-order valence-corrected chi connectivity index (χ3v) is 8.34. The molecule has 0 fully saturated rings. The molecule has 296 valence electrons. The van der Waals surface area contributed by atoms with Crippen LogP contribution < -0.4 is 0 Å². The normalized spacial score (nSPS) is 13.8. The topological polar surface area (TPSA) is 99.1 Å². The van der Waals surface area contributed by atoms with E-state index in [1.165, 1.54) is 38.5 Å². The van der Waals surface area contributed by atoms with E-state index in [0.29, 0.717) is 25.7 Å². The van der Waals surface area contributed by atoms with Crippen molar-refractivity contribution in [1.29, 1.82) is 0 Å². The van der Waals surface area contributed by atoms with Crippen molar-refractivity contribution in [3.05, 3.63) is 72.9 Å². The van der Waals surface area contributed by atoms with Crippen LogP contribution in [0.1, 0.15) is 136 Å². The molecule has 8 nitrogen and oxygen atoms in total. The summed E-state index contributed by atoms with van der Waals surface area (Å²) in [4.78, 5) is 36.6. The van der Waals surface area contributed by atoms with E-state index in [1.54, 1.807) is 0 Å². The van der Waals surface area contributed by atoms with Crippen molar-refractivity contribution in [3.63, 3.8) is 0 Å². The van der Waals surface area contributed by atoms with E-state index >= 15 is 0 Å². The minimum Gasteiger partial charge on any atom is -0.477 e. The Balaban J connectivity index is 4.38. The van der Waals surface area contributed by atoms with Crippen LogP contribution in [0.25, 0.3) is 0 Å². The fraction of sp³-hybridized carbons (Fsp3) is 0.659. The average Bonchev–Trinajstić information content (AvgIpc) is 3.09. The second kappa shape index (κ2) is 34.8. The van der Waals surface area contributed by atoms with Crippen molar-refractivity contribution < 1.29 is 38.2 Å². The van der Waals surface area contributed by atoms with Crippen molar-refractivity contribution in [1.82, 2.24) is 0 Å². The van der Waals surface area contributed by atoms with Crippen LogP contribution in [0.4, 0.5) is 0 Å². The molecule has 2 unspecified atom stereocenters. The first-order chi connectivity index (χ1) is 25.1. The van der Waals surface area contributed by atoms with E-state index in [4.69, 9.17) is 14.2 Å². The lowest BCUT2D eigenvalue weighted by Gasteiger charge is -2.31.